The van der Waals surface area contributed by atoms with Crippen molar-refractivity contribution in [1.29, 1.82) is 0 Å². The summed E-state index contributed by atoms with van der Waals surface area (Å²) in [7, 11) is 0. The summed E-state index contributed by atoms with van der Waals surface area (Å²) in [5.74, 6) is -0.233. The number of aryl methyl sites for hydroxylation is 3. The summed E-state index contributed by atoms with van der Waals surface area (Å²) in [5.41, 5.74) is 6.41. The third kappa shape index (κ3) is 5.88. The van der Waals surface area contributed by atoms with Gasteiger partial charge in [-0.25, -0.2) is 4.79 Å². The van der Waals surface area contributed by atoms with Crippen molar-refractivity contribution in [3.63, 3.8) is 0 Å². The molecule has 0 saturated heterocycles. The van der Waals surface area contributed by atoms with Crippen molar-refractivity contribution in [3.05, 3.63) is 57.7 Å². The average Bonchev–Trinajstić information content (AvgIpc) is 2.36. The molecule has 0 bridgehead atoms. The molecular weight excluding hydrogens is 272 g/mol. The third-order valence-electron chi connectivity index (χ3n) is 3.62. The second-order valence-electron chi connectivity index (χ2n) is 6.24. The Balaban J connectivity index is 2.58. The molecule has 0 atom stereocenters. The topological polar surface area (TPSA) is 26.3 Å². The molecule has 0 heterocycles. The largest absolute Gasteiger partial charge is 0.458 e. The Morgan fingerprint density at radius 2 is 1.64 bits per heavy atom. The molecule has 0 aliphatic heterocycles. The number of esters is 1. The van der Waals surface area contributed by atoms with Gasteiger partial charge >= 0.3 is 5.97 Å². The van der Waals surface area contributed by atoms with Gasteiger partial charge in [-0.3, -0.25) is 0 Å². The highest BCUT2D eigenvalue weighted by Gasteiger charge is 2.13. The van der Waals surface area contributed by atoms with Crippen LogP contribution in [-0.2, 0) is 4.74 Å². The predicted octanol–water partition coefficient (Wildman–Crippen LogP) is 5.46. The van der Waals surface area contributed by atoms with Crippen molar-refractivity contribution >= 4 is 5.97 Å². The minimum Gasteiger partial charge on any atom is -0.458 e. The van der Waals surface area contributed by atoms with Gasteiger partial charge in [0.25, 0.3) is 0 Å². The Morgan fingerprint density at radius 1 is 1.05 bits per heavy atom. The fourth-order valence-electron chi connectivity index (χ4n) is 2.52. The molecule has 2 heteroatoms. The molecular formula is C20H28O2. The number of benzene rings is 1. The van der Waals surface area contributed by atoms with Crippen LogP contribution < -0.4 is 0 Å². The molecule has 0 aliphatic carbocycles. The van der Waals surface area contributed by atoms with Crippen molar-refractivity contribution in [2.24, 2.45) is 0 Å². The van der Waals surface area contributed by atoms with E-state index < -0.39 is 0 Å². The van der Waals surface area contributed by atoms with Crippen LogP contribution in [0.15, 0.2) is 35.4 Å². The number of carbonyl (C=O) groups is 1. The molecule has 1 aromatic rings. The van der Waals surface area contributed by atoms with E-state index in [4.69, 9.17) is 4.74 Å². The van der Waals surface area contributed by atoms with Gasteiger partial charge < -0.3 is 4.74 Å². The van der Waals surface area contributed by atoms with Gasteiger partial charge in [0.05, 0.1) is 5.56 Å². The number of hydrogen-bond donors (Lipinski definition) is 0. The van der Waals surface area contributed by atoms with Gasteiger partial charge in [0.15, 0.2) is 0 Å². The van der Waals surface area contributed by atoms with Gasteiger partial charge in [0.2, 0.25) is 0 Å². The van der Waals surface area contributed by atoms with Gasteiger partial charge in [0, 0.05) is 0 Å². The van der Waals surface area contributed by atoms with Gasteiger partial charge in [-0.1, -0.05) is 34.9 Å². The van der Waals surface area contributed by atoms with Gasteiger partial charge in [-0.15, -0.1) is 0 Å². The second-order valence-corrected chi connectivity index (χ2v) is 6.24. The maximum Gasteiger partial charge on any atom is 0.338 e. The van der Waals surface area contributed by atoms with E-state index in [0.717, 1.165) is 24.0 Å². The van der Waals surface area contributed by atoms with E-state index in [2.05, 4.69) is 26.8 Å². The Morgan fingerprint density at radius 3 is 2.18 bits per heavy atom. The van der Waals surface area contributed by atoms with Crippen molar-refractivity contribution in [2.75, 3.05) is 6.61 Å². The molecule has 2 nitrogen and oxygen atoms in total. The third-order valence-corrected chi connectivity index (χ3v) is 3.62. The Hall–Kier alpha value is -1.83. The van der Waals surface area contributed by atoms with Crippen molar-refractivity contribution in [1.82, 2.24) is 0 Å². The number of rotatable bonds is 6. The van der Waals surface area contributed by atoms with Crippen LogP contribution in [0.1, 0.15) is 60.7 Å². The van der Waals surface area contributed by atoms with Crippen molar-refractivity contribution in [2.45, 2.75) is 54.4 Å². The lowest BCUT2D eigenvalue weighted by atomic mass is 10.00. The van der Waals surface area contributed by atoms with E-state index in [1.807, 2.05) is 39.0 Å². The first-order chi connectivity index (χ1) is 10.3. The number of carbonyl (C=O) groups excluding carboxylic acids is 1. The van der Waals surface area contributed by atoms with E-state index in [0.29, 0.717) is 12.2 Å². The molecule has 1 rings (SSSR count). The Labute approximate surface area is 134 Å². The van der Waals surface area contributed by atoms with E-state index >= 15 is 0 Å². The maximum atomic E-state index is 12.2. The first kappa shape index (κ1) is 18.2. The zero-order valence-electron chi connectivity index (χ0n) is 14.7. The summed E-state index contributed by atoms with van der Waals surface area (Å²) in [6.07, 6.45) is 6.26. The van der Waals surface area contributed by atoms with E-state index in [1.165, 1.54) is 16.7 Å². The normalized spacial score (nSPS) is 11.3. The first-order valence-electron chi connectivity index (χ1n) is 7.85. The van der Waals surface area contributed by atoms with Gasteiger partial charge in [-0.05, 0) is 71.6 Å². The Bertz CT molecular complexity index is 565. The smallest absolute Gasteiger partial charge is 0.338 e. The van der Waals surface area contributed by atoms with Crippen molar-refractivity contribution in [3.8, 4) is 0 Å². The summed E-state index contributed by atoms with van der Waals surface area (Å²) < 4.78 is 5.40. The Kier molecular flexibility index (Phi) is 7.10. The molecule has 0 radical (unpaired) electrons. The SMILES string of the molecule is CC(C)=CCC/C(C)=C/COC(=O)c1c(C)cc(C)cc1C. The summed E-state index contributed by atoms with van der Waals surface area (Å²) in [5, 5.41) is 0. The van der Waals surface area contributed by atoms with Crippen LogP contribution >= 0.6 is 0 Å². The zero-order chi connectivity index (χ0) is 16.7. The molecule has 0 spiro atoms. The quantitative estimate of drug-likeness (QED) is 0.515. The highest BCUT2D eigenvalue weighted by atomic mass is 16.5. The number of allylic oxidation sites excluding steroid dienone is 3. The highest BCUT2D eigenvalue weighted by Crippen LogP contribution is 2.17. The van der Waals surface area contributed by atoms with Crippen LogP contribution in [-0.4, -0.2) is 12.6 Å². The molecule has 0 unspecified atom stereocenters. The lowest BCUT2D eigenvalue weighted by Gasteiger charge is -2.10. The summed E-state index contributed by atoms with van der Waals surface area (Å²) >= 11 is 0. The summed E-state index contributed by atoms with van der Waals surface area (Å²) in [6.45, 7) is 12.6. The molecule has 0 aliphatic rings. The monoisotopic (exact) mass is 300 g/mol. The minimum absolute atomic E-state index is 0.233. The molecule has 120 valence electrons. The molecule has 0 fully saturated rings. The summed E-state index contributed by atoms with van der Waals surface area (Å²) in [6, 6.07) is 4.04. The summed E-state index contributed by atoms with van der Waals surface area (Å²) in [4.78, 5) is 12.2. The van der Waals surface area contributed by atoms with E-state index in [9.17, 15) is 4.79 Å². The fraction of sp³-hybridized carbons (Fsp3) is 0.450. The predicted molar refractivity (Wildman–Crippen MR) is 93.4 cm³/mol. The average molecular weight is 300 g/mol. The minimum atomic E-state index is -0.233. The van der Waals surface area contributed by atoms with E-state index in [-0.39, 0.29) is 5.97 Å². The van der Waals surface area contributed by atoms with E-state index in [1.54, 1.807) is 0 Å². The first-order valence-corrected chi connectivity index (χ1v) is 7.85. The second kappa shape index (κ2) is 8.57. The number of ether oxygens (including phenoxy) is 1. The molecule has 1 aromatic carbocycles. The fourth-order valence-corrected chi connectivity index (χ4v) is 2.52. The lowest BCUT2D eigenvalue weighted by molar-refractivity contribution is 0.0547. The van der Waals surface area contributed by atoms with Gasteiger partial charge in [-0.2, -0.15) is 0 Å². The number of hydrogen-bond acceptors (Lipinski definition) is 2. The van der Waals surface area contributed by atoms with Crippen LogP contribution in [0, 0.1) is 20.8 Å². The molecule has 0 aromatic heterocycles. The molecule has 0 N–H and O–H groups in total. The van der Waals surface area contributed by atoms with Crippen LogP contribution in [0.5, 0.6) is 0 Å². The van der Waals surface area contributed by atoms with Crippen LogP contribution in [0.25, 0.3) is 0 Å². The highest BCUT2D eigenvalue weighted by molar-refractivity contribution is 5.92. The maximum absolute atomic E-state index is 12.2. The standard InChI is InChI=1S/C20H28O2/c1-14(2)8-7-9-15(3)10-11-22-20(21)19-17(5)12-16(4)13-18(19)6/h8,10,12-13H,7,9,11H2,1-6H3/b15-10+. The van der Waals surface area contributed by atoms with Crippen LogP contribution in [0.3, 0.4) is 0 Å². The van der Waals surface area contributed by atoms with Crippen LogP contribution in [0.2, 0.25) is 0 Å². The molecule has 0 amide bonds. The van der Waals surface area contributed by atoms with Crippen LogP contribution in [0.4, 0.5) is 0 Å². The van der Waals surface area contributed by atoms with Gasteiger partial charge in [0.1, 0.15) is 6.61 Å². The van der Waals surface area contributed by atoms with Crippen molar-refractivity contribution < 1.29 is 9.53 Å². The zero-order valence-corrected chi connectivity index (χ0v) is 14.7. The molecule has 0 saturated carbocycles. The lowest BCUT2D eigenvalue weighted by Crippen LogP contribution is -2.09. The molecule has 22 heavy (non-hydrogen) atoms.